The molecule has 0 aliphatic carbocycles. The van der Waals surface area contributed by atoms with E-state index in [2.05, 4.69) is 17.4 Å². The number of nitrogens with zero attached hydrogens (tertiary/aromatic N) is 2. The Hall–Kier alpha value is -2.79. The number of carbonyl (C=O) groups excluding carboxylic acids is 1. The van der Waals surface area contributed by atoms with E-state index in [0.29, 0.717) is 5.75 Å². The lowest BCUT2D eigenvalue weighted by Gasteiger charge is -2.27. The summed E-state index contributed by atoms with van der Waals surface area (Å²) in [5.74, 6) is 0.402. The Labute approximate surface area is 163 Å². The van der Waals surface area contributed by atoms with Crippen molar-refractivity contribution in [1.29, 1.82) is 0 Å². The fraction of sp³-hybridized carbons (Fsp3) is 0.182. The molecule has 3 aromatic carbocycles. The maximum Gasteiger partial charge on any atom is 0.237 e. The zero-order valence-electron chi connectivity index (χ0n) is 15.3. The second kappa shape index (κ2) is 7.45. The van der Waals surface area contributed by atoms with Gasteiger partial charge >= 0.3 is 0 Å². The molecule has 0 bridgehead atoms. The standard InChI is InChI=1S/C22H21N3OS/c1-15(2)25(17-10-4-3-5-11-17)20(26)14-27-22-23-18-12-6-8-16-9-7-13-19(24-22)21(16)18/h3-13,15H,14H2,1-2H3,(H,23,24). The monoisotopic (exact) mass is 375 g/mol. The quantitative estimate of drug-likeness (QED) is 0.661. The molecule has 3 aromatic rings. The van der Waals surface area contributed by atoms with Gasteiger partial charge in [0.15, 0.2) is 5.17 Å². The number of hydrogen-bond donors (Lipinski definition) is 1. The van der Waals surface area contributed by atoms with Gasteiger partial charge in [-0.05, 0) is 43.5 Å². The average Bonchev–Trinajstić information content (AvgIpc) is 2.67. The van der Waals surface area contributed by atoms with Crippen molar-refractivity contribution in [1.82, 2.24) is 0 Å². The lowest BCUT2D eigenvalue weighted by atomic mass is 10.1. The lowest BCUT2D eigenvalue weighted by Crippen LogP contribution is -2.38. The van der Waals surface area contributed by atoms with Crippen molar-refractivity contribution < 1.29 is 4.79 Å². The van der Waals surface area contributed by atoms with E-state index in [1.807, 2.05) is 73.3 Å². The molecule has 0 saturated carbocycles. The van der Waals surface area contributed by atoms with E-state index in [1.165, 1.54) is 11.8 Å². The van der Waals surface area contributed by atoms with Gasteiger partial charge in [-0.15, -0.1) is 0 Å². The Morgan fingerprint density at radius 3 is 2.52 bits per heavy atom. The van der Waals surface area contributed by atoms with Crippen LogP contribution in [-0.2, 0) is 4.79 Å². The van der Waals surface area contributed by atoms with Crippen molar-refractivity contribution in [3.05, 3.63) is 66.7 Å². The van der Waals surface area contributed by atoms with Gasteiger partial charge in [0, 0.05) is 17.1 Å². The summed E-state index contributed by atoms with van der Waals surface area (Å²) >= 11 is 1.44. The van der Waals surface area contributed by atoms with E-state index in [0.717, 1.165) is 33.0 Å². The molecule has 1 aliphatic rings. The van der Waals surface area contributed by atoms with Crippen molar-refractivity contribution in [2.24, 2.45) is 4.99 Å². The predicted molar refractivity (Wildman–Crippen MR) is 116 cm³/mol. The molecule has 1 N–H and O–H groups in total. The molecule has 0 unspecified atom stereocenters. The molecule has 1 aliphatic heterocycles. The van der Waals surface area contributed by atoms with Gasteiger partial charge in [-0.3, -0.25) is 4.79 Å². The maximum absolute atomic E-state index is 12.9. The molecule has 4 rings (SSSR count). The molecular weight excluding hydrogens is 354 g/mol. The fourth-order valence-corrected chi connectivity index (χ4v) is 4.10. The van der Waals surface area contributed by atoms with Gasteiger partial charge in [0.2, 0.25) is 5.91 Å². The van der Waals surface area contributed by atoms with Crippen LogP contribution < -0.4 is 10.2 Å². The normalized spacial score (nSPS) is 12.6. The molecule has 0 spiro atoms. The van der Waals surface area contributed by atoms with Gasteiger partial charge in [-0.2, -0.15) is 0 Å². The van der Waals surface area contributed by atoms with E-state index >= 15 is 0 Å². The van der Waals surface area contributed by atoms with Gasteiger partial charge in [0.1, 0.15) is 0 Å². The third kappa shape index (κ3) is 3.55. The highest BCUT2D eigenvalue weighted by Crippen LogP contribution is 2.37. The van der Waals surface area contributed by atoms with Crippen LogP contribution in [0.25, 0.3) is 10.8 Å². The van der Waals surface area contributed by atoms with E-state index in [4.69, 9.17) is 4.99 Å². The summed E-state index contributed by atoms with van der Waals surface area (Å²) in [5.41, 5.74) is 2.91. The molecule has 1 heterocycles. The van der Waals surface area contributed by atoms with Crippen molar-refractivity contribution >= 4 is 50.7 Å². The minimum Gasteiger partial charge on any atom is -0.334 e. The van der Waals surface area contributed by atoms with Crippen LogP contribution in [0.4, 0.5) is 17.1 Å². The van der Waals surface area contributed by atoms with Gasteiger partial charge in [-0.1, -0.05) is 54.2 Å². The number of hydrogen-bond acceptors (Lipinski definition) is 4. The number of anilines is 2. The Balaban J connectivity index is 1.53. The van der Waals surface area contributed by atoms with Crippen LogP contribution in [0.1, 0.15) is 13.8 Å². The third-order valence-electron chi connectivity index (χ3n) is 4.50. The Morgan fingerprint density at radius 1 is 1.04 bits per heavy atom. The minimum atomic E-state index is 0.0720. The summed E-state index contributed by atoms with van der Waals surface area (Å²) < 4.78 is 0. The summed E-state index contributed by atoms with van der Waals surface area (Å²) in [7, 11) is 0. The van der Waals surface area contributed by atoms with E-state index in [1.54, 1.807) is 0 Å². The molecule has 0 saturated heterocycles. The molecule has 0 aromatic heterocycles. The molecule has 0 radical (unpaired) electrons. The second-order valence-corrected chi connectivity index (χ2v) is 7.67. The molecule has 4 nitrogen and oxygen atoms in total. The SMILES string of the molecule is CC(C)N(C(=O)CSC1=Nc2cccc3cccc(c23)N1)c1ccccc1. The number of para-hydroxylation sites is 1. The minimum absolute atomic E-state index is 0.0720. The van der Waals surface area contributed by atoms with Crippen LogP contribution in [0.3, 0.4) is 0 Å². The second-order valence-electron chi connectivity index (χ2n) is 6.70. The maximum atomic E-state index is 12.9. The Morgan fingerprint density at radius 2 is 1.78 bits per heavy atom. The predicted octanol–water partition coefficient (Wildman–Crippen LogP) is 5.43. The number of rotatable bonds is 4. The highest BCUT2D eigenvalue weighted by Gasteiger charge is 2.21. The number of nitrogens with one attached hydrogen (secondary N) is 1. The third-order valence-corrected chi connectivity index (χ3v) is 5.36. The van der Waals surface area contributed by atoms with Gasteiger partial charge in [-0.25, -0.2) is 4.99 Å². The molecule has 136 valence electrons. The molecule has 0 fully saturated rings. The largest absolute Gasteiger partial charge is 0.334 e. The first-order valence-corrected chi connectivity index (χ1v) is 9.99. The number of carbonyl (C=O) groups is 1. The van der Waals surface area contributed by atoms with Crippen molar-refractivity contribution in [2.75, 3.05) is 16.0 Å². The highest BCUT2D eigenvalue weighted by molar-refractivity contribution is 8.14. The van der Waals surface area contributed by atoms with E-state index in [9.17, 15) is 4.79 Å². The molecule has 27 heavy (non-hydrogen) atoms. The zero-order chi connectivity index (χ0) is 18.8. The van der Waals surface area contributed by atoms with Gasteiger partial charge < -0.3 is 10.2 Å². The first-order valence-electron chi connectivity index (χ1n) is 9.01. The van der Waals surface area contributed by atoms with E-state index in [-0.39, 0.29) is 11.9 Å². The van der Waals surface area contributed by atoms with Crippen LogP contribution in [-0.4, -0.2) is 22.9 Å². The molecule has 5 heteroatoms. The topological polar surface area (TPSA) is 44.7 Å². The van der Waals surface area contributed by atoms with Crippen LogP contribution in [0.5, 0.6) is 0 Å². The van der Waals surface area contributed by atoms with Crippen molar-refractivity contribution in [3.63, 3.8) is 0 Å². The first kappa shape index (κ1) is 17.6. The van der Waals surface area contributed by atoms with Crippen LogP contribution in [0.15, 0.2) is 71.7 Å². The summed E-state index contributed by atoms with van der Waals surface area (Å²) in [4.78, 5) is 19.4. The average molecular weight is 375 g/mol. The Kier molecular flexibility index (Phi) is 4.86. The van der Waals surface area contributed by atoms with Crippen molar-refractivity contribution in [2.45, 2.75) is 19.9 Å². The smallest absolute Gasteiger partial charge is 0.237 e. The fourth-order valence-electron chi connectivity index (χ4n) is 3.36. The highest BCUT2D eigenvalue weighted by atomic mass is 32.2. The van der Waals surface area contributed by atoms with Crippen molar-refractivity contribution in [3.8, 4) is 0 Å². The number of benzene rings is 3. The summed E-state index contributed by atoms with van der Waals surface area (Å²) in [5, 5.41) is 6.41. The summed E-state index contributed by atoms with van der Waals surface area (Å²) in [6, 6.07) is 22.2. The van der Waals surface area contributed by atoms with Crippen LogP contribution >= 0.6 is 11.8 Å². The molecular formula is C22H21N3OS. The van der Waals surface area contributed by atoms with Gasteiger partial charge in [0.05, 0.1) is 17.1 Å². The number of amidine groups is 1. The number of amides is 1. The number of aliphatic imine (C=N–C) groups is 1. The molecule has 0 atom stereocenters. The number of thioether (sulfide) groups is 1. The zero-order valence-corrected chi connectivity index (χ0v) is 16.2. The van der Waals surface area contributed by atoms with Crippen LogP contribution in [0.2, 0.25) is 0 Å². The van der Waals surface area contributed by atoms with Gasteiger partial charge in [0.25, 0.3) is 0 Å². The lowest BCUT2D eigenvalue weighted by molar-refractivity contribution is -0.116. The van der Waals surface area contributed by atoms with Crippen LogP contribution in [0, 0.1) is 0 Å². The summed E-state index contributed by atoms with van der Waals surface area (Å²) in [6.07, 6.45) is 0. The Bertz CT molecular complexity index is 1010. The van der Waals surface area contributed by atoms with E-state index < -0.39 is 0 Å². The first-order chi connectivity index (χ1) is 13.1. The molecule has 1 amide bonds. The summed E-state index contributed by atoms with van der Waals surface area (Å²) in [6.45, 7) is 4.06.